The van der Waals surface area contributed by atoms with E-state index in [4.69, 9.17) is 9.47 Å². The van der Waals surface area contributed by atoms with Crippen LogP contribution in [0.2, 0.25) is 0 Å². The molecule has 8 nitrogen and oxygen atoms in total. The monoisotopic (exact) mass is 478 g/mol. The average molecular weight is 478 g/mol. The van der Waals surface area contributed by atoms with Crippen LogP contribution in [0.3, 0.4) is 0 Å². The number of para-hydroxylation sites is 1. The summed E-state index contributed by atoms with van der Waals surface area (Å²) in [5.74, 6) is -3.24. The zero-order chi connectivity index (χ0) is 24.9. The van der Waals surface area contributed by atoms with E-state index >= 15 is 0 Å². The molecule has 0 saturated heterocycles. The summed E-state index contributed by atoms with van der Waals surface area (Å²) < 4.78 is 24.6. The number of rotatable bonds is 8. The number of alkyl carbamates (subject to hydrolysis) is 1. The molecule has 1 atom stereocenters. The maximum absolute atomic E-state index is 14.1. The van der Waals surface area contributed by atoms with Crippen LogP contribution in [-0.2, 0) is 14.3 Å². The second-order valence-electron chi connectivity index (χ2n) is 7.89. The van der Waals surface area contributed by atoms with E-state index in [1.54, 1.807) is 0 Å². The second-order valence-corrected chi connectivity index (χ2v) is 7.89. The molecule has 9 heteroatoms. The molecule has 0 aliphatic heterocycles. The van der Waals surface area contributed by atoms with E-state index in [1.807, 2.05) is 48.5 Å². The number of aromatic carboxylic acids is 1. The SMILES string of the molecule is COC(CNC(=O)OCC1c2ccccc2-c2ccccc21)C(=O)Nc1c(F)cccc1C(=O)O. The van der Waals surface area contributed by atoms with Gasteiger partial charge in [0.05, 0.1) is 17.8 Å². The van der Waals surface area contributed by atoms with Gasteiger partial charge in [0.15, 0.2) is 6.10 Å². The molecule has 0 bridgehead atoms. The molecule has 0 saturated carbocycles. The van der Waals surface area contributed by atoms with Gasteiger partial charge in [-0.3, -0.25) is 4.79 Å². The number of carboxylic acids is 1. The molecule has 4 rings (SSSR count). The van der Waals surface area contributed by atoms with Gasteiger partial charge in [0.2, 0.25) is 0 Å². The zero-order valence-electron chi connectivity index (χ0n) is 18.8. The summed E-state index contributed by atoms with van der Waals surface area (Å²) >= 11 is 0. The standard InChI is InChI=1S/C26H23FN2O6/c1-34-22(24(30)29-23-19(25(31)32)11-6-12-21(23)27)13-28-26(33)35-14-20-17-9-4-2-7-15(17)16-8-3-5-10-18(16)20/h2-12,20,22H,13-14H2,1H3,(H,28,33)(H,29,30)(H,31,32). The van der Waals surface area contributed by atoms with Crippen molar-refractivity contribution in [2.75, 3.05) is 25.6 Å². The number of hydrogen-bond acceptors (Lipinski definition) is 5. The highest BCUT2D eigenvalue weighted by atomic mass is 19.1. The minimum Gasteiger partial charge on any atom is -0.478 e. The summed E-state index contributed by atoms with van der Waals surface area (Å²) in [4.78, 5) is 36.2. The molecule has 1 aliphatic rings. The number of benzene rings is 3. The van der Waals surface area contributed by atoms with Crippen LogP contribution in [0.5, 0.6) is 0 Å². The number of anilines is 1. The molecule has 2 amide bonds. The van der Waals surface area contributed by atoms with Crippen LogP contribution in [0.4, 0.5) is 14.9 Å². The van der Waals surface area contributed by atoms with E-state index in [9.17, 15) is 23.9 Å². The highest BCUT2D eigenvalue weighted by Crippen LogP contribution is 2.44. The summed E-state index contributed by atoms with van der Waals surface area (Å²) in [7, 11) is 1.24. The summed E-state index contributed by atoms with van der Waals surface area (Å²) in [6.45, 7) is -0.170. The lowest BCUT2D eigenvalue weighted by Crippen LogP contribution is -2.41. The highest BCUT2D eigenvalue weighted by molar-refractivity contribution is 6.02. The van der Waals surface area contributed by atoms with Crippen LogP contribution in [0.25, 0.3) is 11.1 Å². The molecular formula is C26H23FN2O6. The lowest BCUT2D eigenvalue weighted by molar-refractivity contribution is -0.125. The molecule has 3 N–H and O–H groups in total. The van der Waals surface area contributed by atoms with Crippen LogP contribution >= 0.6 is 0 Å². The van der Waals surface area contributed by atoms with Gasteiger partial charge in [0, 0.05) is 13.0 Å². The van der Waals surface area contributed by atoms with Gasteiger partial charge >= 0.3 is 12.1 Å². The van der Waals surface area contributed by atoms with Crippen molar-refractivity contribution in [1.82, 2.24) is 5.32 Å². The number of hydrogen-bond donors (Lipinski definition) is 3. The maximum Gasteiger partial charge on any atom is 0.407 e. The largest absolute Gasteiger partial charge is 0.478 e. The Hall–Kier alpha value is -4.24. The van der Waals surface area contributed by atoms with Crippen LogP contribution in [0.15, 0.2) is 66.7 Å². The number of carboxylic acid groups (broad SMARTS) is 1. The minimum atomic E-state index is -1.40. The number of halogens is 1. The molecule has 35 heavy (non-hydrogen) atoms. The third kappa shape index (κ3) is 4.99. The first-order valence-corrected chi connectivity index (χ1v) is 10.8. The molecule has 3 aromatic carbocycles. The van der Waals surface area contributed by atoms with Gasteiger partial charge in [-0.25, -0.2) is 14.0 Å². The van der Waals surface area contributed by atoms with Crippen molar-refractivity contribution >= 4 is 23.7 Å². The van der Waals surface area contributed by atoms with Gasteiger partial charge in [-0.15, -0.1) is 0 Å². The normalized spacial score (nSPS) is 12.9. The molecule has 1 unspecified atom stereocenters. The Morgan fingerprint density at radius 2 is 1.60 bits per heavy atom. The predicted octanol–water partition coefficient (Wildman–Crippen LogP) is 4.02. The molecular weight excluding hydrogens is 455 g/mol. The van der Waals surface area contributed by atoms with E-state index in [0.717, 1.165) is 34.4 Å². The fraction of sp³-hybridized carbons (Fsp3) is 0.192. The second kappa shape index (κ2) is 10.4. The van der Waals surface area contributed by atoms with Crippen molar-refractivity contribution in [3.05, 3.63) is 89.2 Å². The van der Waals surface area contributed by atoms with Crippen LogP contribution < -0.4 is 10.6 Å². The number of carbonyl (C=O) groups excluding carboxylic acids is 2. The topological polar surface area (TPSA) is 114 Å². The first kappa shape index (κ1) is 23.9. The molecule has 0 heterocycles. The van der Waals surface area contributed by atoms with Crippen molar-refractivity contribution in [2.24, 2.45) is 0 Å². The van der Waals surface area contributed by atoms with Crippen molar-refractivity contribution in [3.8, 4) is 11.1 Å². The van der Waals surface area contributed by atoms with E-state index < -0.39 is 41.1 Å². The van der Waals surface area contributed by atoms with Gasteiger partial charge in [0.1, 0.15) is 12.4 Å². The number of carbonyl (C=O) groups is 3. The van der Waals surface area contributed by atoms with Gasteiger partial charge in [0.25, 0.3) is 5.91 Å². The Labute approximate surface area is 200 Å². The Balaban J connectivity index is 1.36. The van der Waals surface area contributed by atoms with Gasteiger partial charge in [-0.1, -0.05) is 54.6 Å². The van der Waals surface area contributed by atoms with Crippen molar-refractivity contribution in [1.29, 1.82) is 0 Å². The molecule has 180 valence electrons. The Kier molecular flexibility index (Phi) is 7.07. The van der Waals surface area contributed by atoms with Gasteiger partial charge in [-0.2, -0.15) is 0 Å². The van der Waals surface area contributed by atoms with E-state index in [1.165, 1.54) is 13.2 Å². The summed E-state index contributed by atoms with van der Waals surface area (Å²) in [6.07, 6.45) is -1.96. The molecule has 0 aromatic heterocycles. The molecule has 0 fully saturated rings. The Morgan fingerprint density at radius 1 is 0.971 bits per heavy atom. The minimum absolute atomic E-state index is 0.0981. The average Bonchev–Trinajstić information content (AvgIpc) is 3.18. The van der Waals surface area contributed by atoms with Gasteiger partial charge < -0.3 is 25.2 Å². The smallest absolute Gasteiger partial charge is 0.407 e. The fourth-order valence-corrected chi connectivity index (χ4v) is 4.14. The first-order chi connectivity index (χ1) is 16.9. The first-order valence-electron chi connectivity index (χ1n) is 10.8. The van der Waals surface area contributed by atoms with Crippen LogP contribution in [-0.4, -0.2) is 49.4 Å². The predicted molar refractivity (Wildman–Crippen MR) is 126 cm³/mol. The van der Waals surface area contributed by atoms with E-state index in [2.05, 4.69) is 10.6 Å². The zero-order valence-corrected chi connectivity index (χ0v) is 18.8. The lowest BCUT2D eigenvalue weighted by atomic mass is 9.98. The summed E-state index contributed by atoms with van der Waals surface area (Å²) in [5, 5.41) is 13.9. The number of nitrogens with one attached hydrogen (secondary N) is 2. The number of ether oxygens (including phenoxy) is 2. The number of methoxy groups -OCH3 is 1. The maximum atomic E-state index is 14.1. The third-order valence-corrected chi connectivity index (χ3v) is 5.84. The molecule has 1 aliphatic carbocycles. The van der Waals surface area contributed by atoms with E-state index in [-0.39, 0.29) is 19.1 Å². The Morgan fingerprint density at radius 3 is 2.20 bits per heavy atom. The lowest BCUT2D eigenvalue weighted by Gasteiger charge is -2.18. The third-order valence-electron chi connectivity index (χ3n) is 5.84. The van der Waals surface area contributed by atoms with E-state index in [0.29, 0.717) is 0 Å². The van der Waals surface area contributed by atoms with Gasteiger partial charge in [-0.05, 0) is 34.4 Å². The molecule has 3 aromatic rings. The summed E-state index contributed by atoms with van der Waals surface area (Å²) in [5.41, 5.74) is 3.44. The van der Waals surface area contributed by atoms with Crippen molar-refractivity contribution in [2.45, 2.75) is 12.0 Å². The molecule has 0 spiro atoms. The quantitative estimate of drug-likeness (QED) is 0.451. The van der Waals surface area contributed by atoms with Crippen molar-refractivity contribution < 1.29 is 33.4 Å². The fourth-order valence-electron chi connectivity index (χ4n) is 4.14. The highest BCUT2D eigenvalue weighted by Gasteiger charge is 2.29. The summed E-state index contributed by atoms with van der Waals surface area (Å²) in [6, 6.07) is 19.3. The number of fused-ring (bicyclic) bond motifs is 3. The van der Waals surface area contributed by atoms with Crippen molar-refractivity contribution in [3.63, 3.8) is 0 Å². The van der Waals surface area contributed by atoms with Crippen LogP contribution in [0, 0.1) is 5.82 Å². The Bertz CT molecular complexity index is 1230. The number of amides is 2. The molecule has 0 radical (unpaired) electrons. The van der Waals surface area contributed by atoms with Crippen LogP contribution in [0.1, 0.15) is 27.4 Å².